The summed E-state index contributed by atoms with van der Waals surface area (Å²) in [5.74, 6) is -9.92. The van der Waals surface area contributed by atoms with Gasteiger partial charge in [0, 0.05) is 55.0 Å². The van der Waals surface area contributed by atoms with Gasteiger partial charge < -0.3 is 98.9 Å². The minimum absolute atomic E-state index is 0.0126. The van der Waals surface area contributed by atoms with Crippen LogP contribution in [-0.4, -0.2) is 228 Å². The number of fused-ring (bicyclic) bond motifs is 1. The van der Waals surface area contributed by atoms with Gasteiger partial charge in [-0.1, -0.05) is 47.2 Å². The summed E-state index contributed by atoms with van der Waals surface area (Å²) in [7, 11) is -14.9. The summed E-state index contributed by atoms with van der Waals surface area (Å²) < 4.78 is 62.4. The van der Waals surface area contributed by atoms with Gasteiger partial charge in [-0.2, -0.15) is 4.31 Å². The molecule has 490 valence electrons. The van der Waals surface area contributed by atoms with Crippen LogP contribution in [0.5, 0.6) is 0 Å². The minimum atomic E-state index is -5.67. The van der Waals surface area contributed by atoms with E-state index < -0.39 is 181 Å². The van der Waals surface area contributed by atoms with Crippen molar-refractivity contribution in [1.29, 1.82) is 0 Å². The summed E-state index contributed by atoms with van der Waals surface area (Å²) in [6, 6.07) is -5.35. The lowest BCUT2D eigenvalue weighted by Crippen LogP contribution is -2.50. The van der Waals surface area contributed by atoms with Crippen LogP contribution < -0.4 is 49.1 Å². The number of carbonyl (C=O) groups excluding carboxylic acids is 7. The molecule has 3 heterocycles. The van der Waals surface area contributed by atoms with Gasteiger partial charge in [0.1, 0.15) is 67.5 Å². The normalized spacial score (nSPS) is 19.2. The van der Waals surface area contributed by atoms with Gasteiger partial charge in [-0.3, -0.25) is 66.1 Å². The lowest BCUT2D eigenvalue weighted by atomic mass is 9.87. The van der Waals surface area contributed by atoms with Crippen LogP contribution in [-0.2, 0) is 84.3 Å². The number of carbonyl (C=O) groups is 10. The molecule has 11 atom stereocenters. The standard InChI is InChI=1S/C41H66N13O27P3S3/c1-41(2,16-78-84(75,76)81-83(73,74)77-13-23-31(80-82(70,71)72)30(62)38(79-23)54-18-51-29-33(44)49-17-50-34(29)54)32(63)37(66)46-8-7-24(55)45-9-10-85-40(69)20(43)4-6-26(57)53-22(36(65)48-12-28(60)61)15-87-86-14-21(35(64)47-11-27(58)59)52-25(56)5-3-19(42)39(67)68/h17-23,30-32,38,62-63H,3-16,42-43H2,1-2H3,(H,45,55)(H,46,66)(H,47,64)(H,48,65)(H,52,56)(H,53,57)(H,58,59)(H,60,61)(H,67,68)(H,73,74)(H,75,76)(H2,44,49,50)(H2,70,71,72). The SMILES string of the molecule is CC(C)(COP(=O)(O)OP(=O)(O)OCC1OC(n2cnc3c(N)ncnc32)C(O)C1OP(=O)(O)O)C(O)C(=O)NCCC(=O)NCCSC(=O)C(N)CCC(=O)NC(CSSCC(NC(=O)CCC(N)C(=O)O)C(=O)NCC(=O)O)C(=O)NCC(=O)O. The van der Waals surface area contributed by atoms with E-state index in [9.17, 15) is 91.4 Å². The number of aliphatic hydroxyl groups is 2. The molecule has 40 nitrogen and oxygen atoms in total. The van der Waals surface area contributed by atoms with E-state index in [-0.39, 0.29) is 66.6 Å². The number of aliphatic hydroxyl groups excluding tert-OH is 2. The number of thioether (sulfide) groups is 1. The predicted molar refractivity (Wildman–Crippen MR) is 299 cm³/mol. The van der Waals surface area contributed by atoms with Crippen LogP contribution in [0.3, 0.4) is 0 Å². The zero-order chi connectivity index (χ0) is 65.6. The van der Waals surface area contributed by atoms with Crippen LogP contribution in [0.25, 0.3) is 11.2 Å². The molecule has 1 fully saturated rings. The number of carboxylic acids is 3. The quantitative estimate of drug-likeness (QED) is 0.0168. The Balaban J connectivity index is 1.40. The summed E-state index contributed by atoms with van der Waals surface area (Å²) >= 11 is 0.693. The first-order valence-corrected chi connectivity index (χ1v) is 33.0. The van der Waals surface area contributed by atoms with Crippen molar-refractivity contribution in [3.05, 3.63) is 12.7 Å². The third kappa shape index (κ3) is 27.0. The monoisotopic (exact) mass is 1360 g/mol. The molecule has 0 aliphatic carbocycles. The highest BCUT2D eigenvalue weighted by atomic mass is 33.1. The molecule has 21 N–H and O–H groups in total. The van der Waals surface area contributed by atoms with E-state index in [2.05, 4.69) is 55.7 Å². The van der Waals surface area contributed by atoms with E-state index in [4.69, 9.17) is 46.3 Å². The maximum absolute atomic E-state index is 12.9. The molecule has 1 saturated heterocycles. The van der Waals surface area contributed by atoms with Gasteiger partial charge in [-0.05, 0) is 12.8 Å². The van der Waals surface area contributed by atoms with E-state index in [1.807, 2.05) is 0 Å². The zero-order valence-corrected chi connectivity index (χ0v) is 50.8. The maximum Gasteiger partial charge on any atom is 0.481 e. The number of nitrogens with one attached hydrogen (secondary N) is 6. The van der Waals surface area contributed by atoms with E-state index in [1.165, 1.54) is 13.8 Å². The molecule has 1 aliphatic rings. The van der Waals surface area contributed by atoms with Crippen molar-refractivity contribution >= 4 is 132 Å². The highest BCUT2D eigenvalue weighted by Gasteiger charge is 2.50. The second-order valence-corrected chi connectivity index (χ2v) is 26.8. The first-order valence-electron chi connectivity index (χ1n) is 25.0. The number of phosphoric acid groups is 3. The lowest BCUT2D eigenvalue weighted by molar-refractivity contribution is -0.139. The topological polar surface area (TPSA) is 644 Å². The molecule has 46 heteroatoms. The maximum atomic E-state index is 12.9. The van der Waals surface area contributed by atoms with Crippen molar-refractivity contribution in [2.24, 2.45) is 16.9 Å². The fourth-order valence-electron chi connectivity index (χ4n) is 6.91. The highest BCUT2D eigenvalue weighted by molar-refractivity contribution is 8.76. The summed E-state index contributed by atoms with van der Waals surface area (Å²) in [6.45, 7) is -1.92. The second-order valence-electron chi connectivity index (χ2n) is 18.9. The van der Waals surface area contributed by atoms with Crippen molar-refractivity contribution in [1.82, 2.24) is 51.4 Å². The number of nitrogens with two attached hydrogens (primary N) is 3. The van der Waals surface area contributed by atoms with Gasteiger partial charge >= 0.3 is 41.4 Å². The molecule has 0 spiro atoms. The number of hydrogen-bond donors (Lipinski definition) is 18. The average Bonchev–Trinajstić information content (AvgIpc) is 1.69. The molecule has 2 aromatic rings. The fourth-order valence-corrected chi connectivity index (χ4v) is 12.8. The number of anilines is 1. The number of nitrogen functional groups attached to an aromatic ring is 1. The Morgan fingerprint density at radius 3 is 1.84 bits per heavy atom. The Kier molecular flexibility index (Phi) is 30.5. The Morgan fingerprint density at radius 1 is 0.747 bits per heavy atom. The predicted octanol–water partition coefficient (Wildman–Crippen LogP) is -5.28. The fraction of sp³-hybridized carbons (Fsp3) is 0.634. The van der Waals surface area contributed by atoms with Crippen molar-refractivity contribution in [3.63, 3.8) is 0 Å². The number of aromatic nitrogens is 4. The van der Waals surface area contributed by atoms with Crippen LogP contribution in [0.1, 0.15) is 52.2 Å². The molecule has 11 unspecified atom stereocenters. The number of rotatable bonds is 40. The largest absolute Gasteiger partial charge is 0.481 e. The number of amides is 6. The number of phosphoric ester groups is 3. The molecule has 87 heavy (non-hydrogen) atoms. The van der Waals surface area contributed by atoms with Crippen molar-refractivity contribution in [2.45, 2.75) is 101 Å². The van der Waals surface area contributed by atoms with Gasteiger partial charge in [0.05, 0.1) is 25.6 Å². The van der Waals surface area contributed by atoms with Crippen LogP contribution in [0.2, 0.25) is 0 Å². The van der Waals surface area contributed by atoms with Gasteiger partial charge in [0.25, 0.3) is 0 Å². The molecule has 0 saturated carbocycles. The third-order valence-corrected chi connectivity index (χ3v) is 17.9. The summed E-state index contributed by atoms with van der Waals surface area (Å²) in [5.41, 5.74) is 15.4. The Morgan fingerprint density at radius 2 is 1.30 bits per heavy atom. The Hall–Kier alpha value is -5.53. The van der Waals surface area contributed by atoms with Crippen LogP contribution in [0.15, 0.2) is 12.7 Å². The van der Waals surface area contributed by atoms with Gasteiger partial charge in [0.2, 0.25) is 40.6 Å². The molecule has 0 bridgehead atoms. The number of nitrogens with zero attached hydrogens (tertiary/aromatic N) is 4. The summed E-state index contributed by atoms with van der Waals surface area (Å²) in [6.07, 6.45) is -8.88. The molecule has 1 aliphatic heterocycles. The van der Waals surface area contributed by atoms with Gasteiger partial charge in [0.15, 0.2) is 17.7 Å². The summed E-state index contributed by atoms with van der Waals surface area (Å²) in [5, 5.41) is 61.7. The zero-order valence-electron chi connectivity index (χ0n) is 45.7. The van der Waals surface area contributed by atoms with Crippen LogP contribution in [0, 0.1) is 5.41 Å². The lowest BCUT2D eigenvalue weighted by Gasteiger charge is -2.30. The number of aliphatic carboxylic acids is 3. The average molecular weight is 1360 g/mol. The molecule has 2 aromatic heterocycles. The smallest absolute Gasteiger partial charge is 0.480 e. The number of carboxylic acid groups (broad SMARTS) is 3. The van der Waals surface area contributed by atoms with Crippen molar-refractivity contribution < 1.29 is 129 Å². The van der Waals surface area contributed by atoms with E-state index in [0.29, 0.717) is 11.8 Å². The van der Waals surface area contributed by atoms with Crippen LogP contribution in [0.4, 0.5) is 5.82 Å². The van der Waals surface area contributed by atoms with Crippen molar-refractivity contribution in [2.75, 3.05) is 62.4 Å². The first kappa shape index (κ1) is 75.7. The number of hydrogen-bond acceptors (Lipinski definition) is 29. The summed E-state index contributed by atoms with van der Waals surface area (Å²) in [4.78, 5) is 173. The van der Waals surface area contributed by atoms with Crippen LogP contribution >= 0.6 is 56.8 Å². The Labute approximate surface area is 503 Å². The number of ether oxygens (including phenoxy) is 1. The van der Waals surface area contributed by atoms with Gasteiger partial charge in [-0.15, -0.1) is 0 Å². The highest BCUT2D eigenvalue weighted by Crippen LogP contribution is 2.61. The van der Waals surface area contributed by atoms with Crippen molar-refractivity contribution in [3.8, 4) is 0 Å². The third-order valence-electron chi connectivity index (χ3n) is 11.4. The van der Waals surface area contributed by atoms with Gasteiger partial charge in [-0.25, -0.2) is 28.6 Å². The number of imidazole rings is 1. The molecular formula is C41H66N13O27P3S3. The first-order chi connectivity index (χ1) is 40.4. The molecule has 0 aromatic carbocycles. The Bertz CT molecular complexity index is 2930. The molecule has 6 amide bonds. The second kappa shape index (κ2) is 35.0. The van der Waals surface area contributed by atoms with E-state index in [0.717, 1.165) is 38.8 Å². The molecular weight excluding hydrogens is 1300 g/mol. The van der Waals surface area contributed by atoms with E-state index >= 15 is 0 Å². The molecule has 0 radical (unpaired) electrons. The van der Waals surface area contributed by atoms with E-state index in [1.54, 1.807) is 0 Å². The minimum Gasteiger partial charge on any atom is -0.480 e. The molecule has 3 rings (SSSR count).